The highest BCUT2D eigenvalue weighted by Gasteiger charge is 2.41. The molecule has 0 bridgehead atoms. The Morgan fingerprint density at radius 2 is 2.00 bits per heavy atom. The molecule has 2 aromatic carbocycles. The summed E-state index contributed by atoms with van der Waals surface area (Å²) in [6.07, 6.45) is 2.82. The fraction of sp³-hybridized carbons (Fsp3) is 0.316. The summed E-state index contributed by atoms with van der Waals surface area (Å²) >= 11 is 0. The molecule has 1 saturated carbocycles. The van der Waals surface area contributed by atoms with Gasteiger partial charge in [-0.2, -0.15) is 0 Å². The van der Waals surface area contributed by atoms with E-state index in [9.17, 15) is 13.2 Å². The molecule has 0 atom stereocenters. The number of methoxy groups -OCH3 is 1. The Bertz CT molecular complexity index is 1140. The molecule has 1 heterocycles. The molecule has 3 aromatic rings. The predicted octanol–water partition coefficient (Wildman–Crippen LogP) is 2.53. The number of para-hydroxylation sites is 1. The number of fused-ring (bicyclic) bond motifs is 1. The molecule has 1 aromatic heterocycles. The van der Waals surface area contributed by atoms with E-state index in [-0.39, 0.29) is 22.4 Å². The highest BCUT2D eigenvalue weighted by molar-refractivity contribution is 7.89. The Hall–Kier alpha value is -2.58. The molecule has 0 unspecified atom stereocenters. The summed E-state index contributed by atoms with van der Waals surface area (Å²) in [4.78, 5) is 13.8. The van der Waals surface area contributed by atoms with Gasteiger partial charge in [0.25, 0.3) is 0 Å². The summed E-state index contributed by atoms with van der Waals surface area (Å²) in [5.74, 6) is 0.156. The second kappa shape index (κ2) is 6.54. The first-order valence-corrected chi connectivity index (χ1v) is 10.2. The zero-order valence-electron chi connectivity index (χ0n) is 14.8. The normalized spacial score (nSPS) is 16.2. The smallest absolute Gasteiger partial charge is 0.417 e. The van der Waals surface area contributed by atoms with Crippen LogP contribution in [0.5, 0.6) is 5.75 Å². The number of rotatable bonds is 6. The molecule has 0 radical (unpaired) electrons. The maximum Gasteiger partial charge on any atom is 0.417 e. The van der Waals surface area contributed by atoms with Gasteiger partial charge in [0.05, 0.1) is 17.5 Å². The number of benzene rings is 2. The van der Waals surface area contributed by atoms with Crippen LogP contribution in [-0.4, -0.2) is 27.1 Å². The number of nitrogens with one attached hydrogen (secondary N) is 2. The van der Waals surface area contributed by atoms with E-state index in [1.54, 1.807) is 7.11 Å². The first-order valence-electron chi connectivity index (χ1n) is 8.70. The van der Waals surface area contributed by atoms with Crippen LogP contribution < -0.4 is 15.2 Å². The summed E-state index contributed by atoms with van der Waals surface area (Å²) in [7, 11) is -2.13. The lowest BCUT2D eigenvalue weighted by atomic mass is 9.64. The summed E-state index contributed by atoms with van der Waals surface area (Å²) < 4.78 is 38.7. The van der Waals surface area contributed by atoms with Gasteiger partial charge in [0, 0.05) is 23.6 Å². The fourth-order valence-corrected chi connectivity index (χ4v) is 4.78. The van der Waals surface area contributed by atoms with E-state index in [1.165, 1.54) is 18.2 Å². The molecule has 142 valence electrons. The molecule has 0 spiro atoms. The zero-order chi connectivity index (χ0) is 19.1. The first-order chi connectivity index (χ1) is 12.9. The van der Waals surface area contributed by atoms with Crippen LogP contribution >= 0.6 is 0 Å². The zero-order valence-corrected chi connectivity index (χ0v) is 15.6. The molecule has 7 nitrogen and oxygen atoms in total. The monoisotopic (exact) mass is 388 g/mol. The van der Waals surface area contributed by atoms with Crippen LogP contribution in [0.4, 0.5) is 0 Å². The number of aromatic nitrogens is 1. The third-order valence-electron chi connectivity index (χ3n) is 5.29. The van der Waals surface area contributed by atoms with Crippen molar-refractivity contribution in [3.05, 3.63) is 58.6 Å². The molecule has 1 fully saturated rings. The van der Waals surface area contributed by atoms with E-state index in [0.717, 1.165) is 30.6 Å². The number of aromatic amines is 1. The van der Waals surface area contributed by atoms with E-state index in [4.69, 9.17) is 9.15 Å². The van der Waals surface area contributed by atoms with Gasteiger partial charge in [0.15, 0.2) is 5.58 Å². The largest absolute Gasteiger partial charge is 0.496 e. The summed E-state index contributed by atoms with van der Waals surface area (Å²) in [5, 5.41) is 0. The lowest BCUT2D eigenvalue weighted by Gasteiger charge is -2.43. The molecular formula is C19H20N2O5S. The highest BCUT2D eigenvalue weighted by atomic mass is 32.2. The highest BCUT2D eigenvalue weighted by Crippen LogP contribution is 2.46. The number of hydrogen-bond donors (Lipinski definition) is 2. The van der Waals surface area contributed by atoms with Gasteiger partial charge in [-0.15, -0.1) is 0 Å². The summed E-state index contributed by atoms with van der Waals surface area (Å²) in [5.41, 5.74) is 1.42. The topological polar surface area (TPSA) is 101 Å². The van der Waals surface area contributed by atoms with Crippen molar-refractivity contribution in [2.24, 2.45) is 0 Å². The SMILES string of the molecule is COc1ccccc1C1(CNS(=O)(=O)c2ccc3[nH]c(=O)oc3c2)CCC1. The number of sulfonamides is 1. The Morgan fingerprint density at radius 3 is 2.70 bits per heavy atom. The van der Waals surface area contributed by atoms with Crippen LogP contribution in [0.2, 0.25) is 0 Å². The van der Waals surface area contributed by atoms with Gasteiger partial charge in [-0.05, 0) is 31.0 Å². The minimum Gasteiger partial charge on any atom is -0.496 e. The van der Waals surface area contributed by atoms with Crippen LogP contribution in [0, 0.1) is 0 Å². The maximum absolute atomic E-state index is 12.8. The second-order valence-electron chi connectivity index (χ2n) is 6.83. The van der Waals surface area contributed by atoms with E-state index >= 15 is 0 Å². The first kappa shape index (κ1) is 17.8. The molecule has 0 saturated heterocycles. The van der Waals surface area contributed by atoms with Gasteiger partial charge >= 0.3 is 5.76 Å². The Labute approximate surface area is 156 Å². The van der Waals surface area contributed by atoms with Crippen LogP contribution in [0.3, 0.4) is 0 Å². The number of oxazole rings is 1. The summed E-state index contributed by atoms with van der Waals surface area (Å²) in [6, 6.07) is 12.1. The lowest BCUT2D eigenvalue weighted by molar-refractivity contribution is 0.236. The second-order valence-corrected chi connectivity index (χ2v) is 8.60. The summed E-state index contributed by atoms with van der Waals surface area (Å²) in [6.45, 7) is 0.283. The number of hydrogen-bond acceptors (Lipinski definition) is 5. The van der Waals surface area contributed by atoms with Crippen molar-refractivity contribution in [1.82, 2.24) is 9.71 Å². The Balaban J connectivity index is 1.61. The molecule has 4 rings (SSSR count). The molecule has 0 aliphatic heterocycles. The Kier molecular flexibility index (Phi) is 4.32. The van der Waals surface area contributed by atoms with Crippen molar-refractivity contribution in [2.75, 3.05) is 13.7 Å². The van der Waals surface area contributed by atoms with Crippen molar-refractivity contribution in [3.8, 4) is 5.75 Å². The van der Waals surface area contributed by atoms with Gasteiger partial charge in [-0.1, -0.05) is 24.6 Å². The third-order valence-corrected chi connectivity index (χ3v) is 6.69. The number of ether oxygens (including phenoxy) is 1. The van der Waals surface area contributed by atoms with Crippen molar-refractivity contribution in [1.29, 1.82) is 0 Å². The standard InChI is InChI=1S/C19H20N2O5S/c1-25-16-6-3-2-5-14(16)19(9-4-10-19)12-20-27(23,24)13-7-8-15-17(11-13)26-18(22)21-15/h2-3,5-8,11,20H,4,9-10,12H2,1H3,(H,21,22). The molecule has 0 amide bonds. The van der Waals surface area contributed by atoms with Crippen LogP contribution in [-0.2, 0) is 15.4 Å². The quantitative estimate of drug-likeness (QED) is 0.676. The molecule has 8 heteroatoms. The van der Waals surface area contributed by atoms with Crippen molar-refractivity contribution in [3.63, 3.8) is 0 Å². The van der Waals surface area contributed by atoms with E-state index in [2.05, 4.69) is 9.71 Å². The van der Waals surface area contributed by atoms with E-state index in [1.807, 2.05) is 24.3 Å². The minimum atomic E-state index is -3.75. The lowest BCUT2D eigenvalue weighted by Crippen LogP contribution is -2.45. The van der Waals surface area contributed by atoms with Gasteiger partial charge < -0.3 is 9.15 Å². The number of H-pyrrole nitrogens is 1. The van der Waals surface area contributed by atoms with E-state index < -0.39 is 15.8 Å². The van der Waals surface area contributed by atoms with Crippen LogP contribution in [0.1, 0.15) is 24.8 Å². The van der Waals surface area contributed by atoms with E-state index in [0.29, 0.717) is 5.52 Å². The molecule has 27 heavy (non-hydrogen) atoms. The van der Waals surface area contributed by atoms with Gasteiger partial charge in [-0.25, -0.2) is 17.9 Å². The maximum atomic E-state index is 12.8. The molecule has 1 aliphatic rings. The van der Waals surface area contributed by atoms with Gasteiger partial charge in [-0.3, -0.25) is 4.98 Å². The minimum absolute atomic E-state index is 0.0623. The third kappa shape index (κ3) is 3.15. The molecular weight excluding hydrogens is 368 g/mol. The van der Waals surface area contributed by atoms with Gasteiger partial charge in [0.1, 0.15) is 5.75 Å². The van der Waals surface area contributed by atoms with Gasteiger partial charge in [0.2, 0.25) is 10.0 Å². The molecule has 2 N–H and O–H groups in total. The fourth-order valence-electron chi connectivity index (χ4n) is 3.64. The van der Waals surface area contributed by atoms with Crippen molar-refractivity contribution < 1.29 is 17.6 Å². The average Bonchev–Trinajstić information content (AvgIpc) is 3.00. The Morgan fingerprint density at radius 1 is 1.22 bits per heavy atom. The van der Waals surface area contributed by atoms with Crippen molar-refractivity contribution in [2.45, 2.75) is 29.6 Å². The van der Waals surface area contributed by atoms with Crippen molar-refractivity contribution >= 4 is 21.1 Å². The van der Waals surface area contributed by atoms with Crippen LogP contribution in [0.15, 0.2) is 56.6 Å². The predicted molar refractivity (Wildman–Crippen MR) is 101 cm³/mol. The van der Waals surface area contributed by atoms with Crippen LogP contribution in [0.25, 0.3) is 11.1 Å². The molecule has 1 aliphatic carbocycles. The average molecular weight is 388 g/mol.